The number of carbonyl (C=O) groups excluding carboxylic acids is 1. The van der Waals surface area contributed by atoms with Crippen LogP contribution in [0.15, 0.2) is 57.4 Å². The molecular formula is C21H22N2O6S2. The summed E-state index contributed by atoms with van der Waals surface area (Å²) in [5.41, 5.74) is 0.620. The molecule has 1 fully saturated rings. The summed E-state index contributed by atoms with van der Waals surface area (Å²) in [6, 6.07) is 9.63. The van der Waals surface area contributed by atoms with E-state index in [-0.39, 0.29) is 42.4 Å². The van der Waals surface area contributed by atoms with Gasteiger partial charge in [0.25, 0.3) is 0 Å². The van der Waals surface area contributed by atoms with E-state index in [4.69, 9.17) is 13.9 Å². The second-order valence-corrected chi connectivity index (χ2v) is 10.2. The summed E-state index contributed by atoms with van der Waals surface area (Å²) in [6.07, 6.45) is 1.03. The Bertz CT molecular complexity index is 1150. The molecule has 31 heavy (non-hydrogen) atoms. The van der Waals surface area contributed by atoms with Crippen LogP contribution in [0, 0.1) is 0 Å². The second-order valence-electron chi connectivity index (χ2n) is 7.30. The van der Waals surface area contributed by atoms with Crippen LogP contribution in [0.2, 0.25) is 0 Å². The van der Waals surface area contributed by atoms with Crippen LogP contribution in [0.5, 0.6) is 0 Å². The minimum atomic E-state index is -3.75. The molecule has 1 aliphatic heterocycles. The number of rotatable bonds is 6. The summed E-state index contributed by atoms with van der Waals surface area (Å²) < 4.78 is 43.8. The summed E-state index contributed by atoms with van der Waals surface area (Å²) in [6.45, 7) is 4.11. The molecule has 2 unspecified atom stereocenters. The number of esters is 1. The van der Waals surface area contributed by atoms with E-state index >= 15 is 0 Å². The number of nitrogens with zero attached hydrogens (tertiary/aromatic N) is 2. The molecule has 4 rings (SSSR count). The lowest BCUT2D eigenvalue weighted by molar-refractivity contribution is -0.0440. The normalized spacial score (nSPS) is 19.9. The van der Waals surface area contributed by atoms with E-state index in [1.165, 1.54) is 46.2 Å². The van der Waals surface area contributed by atoms with Crippen molar-refractivity contribution < 1.29 is 27.1 Å². The van der Waals surface area contributed by atoms with Crippen molar-refractivity contribution in [1.29, 1.82) is 0 Å². The molecule has 2 aromatic heterocycles. The third-order valence-corrected chi connectivity index (χ3v) is 7.41. The van der Waals surface area contributed by atoms with Crippen LogP contribution in [0.25, 0.3) is 10.8 Å². The molecule has 8 nitrogen and oxygen atoms in total. The Morgan fingerprint density at radius 2 is 2.00 bits per heavy atom. The molecule has 2 atom stereocenters. The number of carbonyl (C=O) groups is 1. The third-order valence-electron chi connectivity index (χ3n) is 4.73. The summed E-state index contributed by atoms with van der Waals surface area (Å²) in [5, 5.41) is 1.92. The van der Waals surface area contributed by atoms with Gasteiger partial charge in [-0.15, -0.1) is 11.3 Å². The van der Waals surface area contributed by atoms with Crippen LogP contribution in [-0.4, -0.2) is 49.0 Å². The maximum atomic E-state index is 13.0. The molecule has 0 amide bonds. The van der Waals surface area contributed by atoms with Crippen molar-refractivity contribution in [3.05, 3.63) is 59.3 Å². The van der Waals surface area contributed by atoms with Crippen molar-refractivity contribution in [3.63, 3.8) is 0 Å². The first-order valence-electron chi connectivity index (χ1n) is 9.74. The lowest BCUT2D eigenvalue weighted by Gasteiger charge is -2.34. The van der Waals surface area contributed by atoms with Crippen molar-refractivity contribution in [2.75, 3.05) is 13.1 Å². The van der Waals surface area contributed by atoms with Crippen LogP contribution in [0.4, 0.5) is 0 Å². The van der Waals surface area contributed by atoms with Gasteiger partial charge in [0.15, 0.2) is 0 Å². The largest absolute Gasteiger partial charge is 0.455 e. The van der Waals surface area contributed by atoms with E-state index in [9.17, 15) is 13.2 Å². The Labute approximate surface area is 184 Å². The molecule has 3 aromatic rings. The van der Waals surface area contributed by atoms with Gasteiger partial charge in [0.1, 0.15) is 18.6 Å². The predicted octanol–water partition coefficient (Wildman–Crippen LogP) is 3.56. The van der Waals surface area contributed by atoms with Crippen LogP contribution in [0.1, 0.15) is 29.9 Å². The van der Waals surface area contributed by atoms with E-state index in [0.717, 1.165) is 4.88 Å². The number of thiophene rings is 1. The fourth-order valence-corrected chi connectivity index (χ4v) is 5.66. The number of ether oxygens (including phenoxy) is 2. The molecule has 0 aliphatic carbocycles. The van der Waals surface area contributed by atoms with E-state index in [1.54, 1.807) is 0 Å². The van der Waals surface area contributed by atoms with Crippen LogP contribution < -0.4 is 0 Å². The highest BCUT2D eigenvalue weighted by Gasteiger charge is 2.32. The molecule has 0 spiro atoms. The highest BCUT2D eigenvalue weighted by Crippen LogP contribution is 2.25. The predicted molar refractivity (Wildman–Crippen MR) is 114 cm³/mol. The Morgan fingerprint density at radius 1 is 1.23 bits per heavy atom. The first-order valence-corrected chi connectivity index (χ1v) is 12.1. The molecule has 0 bridgehead atoms. The number of aromatic nitrogens is 1. The average Bonchev–Trinajstić information content (AvgIpc) is 3.43. The maximum absolute atomic E-state index is 13.0. The molecule has 1 aliphatic rings. The maximum Gasteiger partial charge on any atom is 0.338 e. The van der Waals surface area contributed by atoms with Crippen molar-refractivity contribution in [2.24, 2.45) is 0 Å². The zero-order chi connectivity index (χ0) is 22.0. The topological polar surface area (TPSA) is 98.9 Å². The van der Waals surface area contributed by atoms with Gasteiger partial charge in [0.2, 0.25) is 15.9 Å². The van der Waals surface area contributed by atoms with E-state index in [0.29, 0.717) is 11.6 Å². The summed E-state index contributed by atoms with van der Waals surface area (Å²) >= 11 is 1.49. The zero-order valence-corrected chi connectivity index (χ0v) is 18.7. The molecule has 1 saturated heterocycles. The second kappa shape index (κ2) is 8.91. The third kappa shape index (κ3) is 4.87. The molecule has 0 N–H and O–H groups in total. The molecule has 10 heteroatoms. The van der Waals surface area contributed by atoms with E-state index in [1.807, 2.05) is 31.4 Å². The quantitative estimate of drug-likeness (QED) is 0.517. The molecular weight excluding hydrogens is 440 g/mol. The Morgan fingerprint density at radius 3 is 2.71 bits per heavy atom. The van der Waals surface area contributed by atoms with Gasteiger partial charge in [0, 0.05) is 13.1 Å². The number of hydrogen-bond acceptors (Lipinski definition) is 8. The Balaban J connectivity index is 1.44. The Hall–Kier alpha value is -2.53. The number of oxazole rings is 1. The number of sulfonamides is 1. The molecule has 1 aromatic carbocycles. The molecule has 0 radical (unpaired) electrons. The smallest absolute Gasteiger partial charge is 0.338 e. The Kier molecular flexibility index (Phi) is 6.24. The molecule has 164 valence electrons. The minimum Gasteiger partial charge on any atom is -0.455 e. The average molecular weight is 463 g/mol. The first-order chi connectivity index (χ1) is 14.8. The van der Waals surface area contributed by atoms with Gasteiger partial charge >= 0.3 is 5.97 Å². The van der Waals surface area contributed by atoms with Gasteiger partial charge in [-0.1, -0.05) is 12.1 Å². The monoisotopic (exact) mass is 462 g/mol. The van der Waals surface area contributed by atoms with Gasteiger partial charge in [-0.3, -0.25) is 0 Å². The van der Waals surface area contributed by atoms with Gasteiger partial charge in [0.05, 0.1) is 27.5 Å². The number of morpholine rings is 1. The lowest BCUT2D eigenvalue weighted by atomic mass is 10.2. The number of benzene rings is 1. The van der Waals surface area contributed by atoms with Gasteiger partial charge < -0.3 is 13.9 Å². The highest BCUT2D eigenvalue weighted by molar-refractivity contribution is 7.89. The van der Waals surface area contributed by atoms with Crippen molar-refractivity contribution >= 4 is 27.3 Å². The standard InChI is InChI=1S/C21H22N2O6S2/c1-14-10-23(11-15(2)29-14)31(25,26)18-6-3-5-16(9-18)21(24)28-13-17-12-27-20(22-17)19-7-4-8-30-19/h3-9,12,14-15H,10-11,13H2,1-2H3. The van der Waals surface area contributed by atoms with E-state index in [2.05, 4.69) is 4.98 Å². The summed E-state index contributed by atoms with van der Waals surface area (Å²) in [5.74, 6) is -0.176. The SMILES string of the molecule is CC1CN(S(=O)(=O)c2cccc(C(=O)OCc3coc(-c4cccs4)n3)c2)CC(C)O1. The van der Waals surface area contributed by atoms with E-state index < -0.39 is 16.0 Å². The van der Waals surface area contributed by atoms with Gasteiger partial charge in [-0.2, -0.15) is 4.31 Å². The lowest BCUT2D eigenvalue weighted by Crippen LogP contribution is -2.48. The highest BCUT2D eigenvalue weighted by atomic mass is 32.2. The number of hydrogen-bond donors (Lipinski definition) is 0. The van der Waals surface area contributed by atoms with Crippen molar-refractivity contribution in [3.8, 4) is 10.8 Å². The minimum absolute atomic E-state index is 0.0460. The fraction of sp³-hybridized carbons (Fsp3) is 0.333. The first kappa shape index (κ1) is 21.7. The molecule has 0 saturated carbocycles. The fourth-order valence-electron chi connectivity index (χ4n) is 3.37. The van der Waals surface area contributed by atoms with Gasteiger partial charge in [-0.05, 0) is 43.5 Å². The van der Waals surface area contributed by atoms with Crippen LogP contribution in [-0.2, 0) is 26.1 Å². The van der Waals surface area contributed by atoms with Crippen molar-refractivity contribution in [2.45, 2.75) is 37.6 Å². The summed E-state index contributed by atoms with van der Waals surface area (Å²) in [4.78, 5) is 17.7. The zero-order valence-electron chi connectivity index (χ0n) is 17.1. The van der Waals surface area contributed by atoms with Crippen LogP contribution in [0.3, 0.4) is 0 Å². The molecule has 3 heterocycles. The summed E-state index contributed by atoms with van der Waals surface area (Å²) in [7, 11) is -3.75. The van der Waals surface area contributed by atoms with Crippen molar-refractivity contribution in [1.82, 2.24) is 9.29 Å². The van der Waals surface area contributed by atoms with Gasteiger partial charge in [-0.25, -0.2) is 18.2 Å². The van der Waals surface area contributed by atoms with Crippen LogP contribution >= 0.6 is 11.3 Å².